The van der Waals surface area contributed by atoms with E-state index in [0.29, 0.717) is 13.2 Å². The zero-order chi connectivity index (χ0) is 13.5. The third-order valence-electron chi connectivity index (χ3n) is 3.09. The predicted octanol–water partition coefficient (Wildman–Crippen LogP) is 1.40. The molecule has 1 amide bonds. The van der Waals surface area contributed by atoms with Crippen LogP contribution in [0.1, 0.15) is 12.8 Å². The van der Waals surface area contributed by atoms with Gasteiger partial charge in [0, 0.05) is 18.3 Å². The zero-order valence-corrected chi connectivity index (χ0v) is 11.1. The summed E-state index contributed by atoms with van der Waals surface area (Å²) >= 11 is 0. The van der Waals surface area contributed by atoms with Gasteiger partial charge in [0.15, 0.2) is 0 Å². The van der Waals surface area contributed by atoms with E-state index in [9.17, 15) is 4.79 Å². The largest absolute Gasteiger partial charge is 0.497 e. The highest BCUT2D eigenvalue weighted by Gasteiger charge is 2.14. The molecule has 1 atom stereocenters. The lowest BCUT2D eigenvalue weighted by atomic mass is 10.1. The molecule has 1 aliphatic heterocycles. The molecule has 1 aliphatic rings. The number of rotatable bonds is 5. The Morgan fingerprint density at radius 3 is 2.84 bits per heavy atom. The van der Waals surface area contributed by atoms with Gasteiger partial charge in [-0.25, -0.2) is 0 Å². The van der Waals surface area contributed by atoms with Crippen LogP contribution >= 0.6 is 0 Å². The lowest BCUT2D eigenvalue weighted by molar-refractivity contribution is -0.115. The van der Waals surface area contributed by atoms with Gasteiger partial charge >= 0.3 is 0 Å². The Kier molecular flexibility index (Phi) is 5.18. The lowest BCUT2D eigenvalue weighted by Crippen LogP contribution is -2.41. The van der Waals surface area contributed by atoms with Crippen molar-refractivity contribution in [2.45, 2.75) is 18.9 Å². The van der Waals surface area contributed by atoms with Gasteiger partial charge in [0.25, 0.3) is 0 Å². The molecule has 104 valence electrons. The first kappa shape index (κ1) is 13.8. The third-order valence-corrected chi connectivity index (χ3v) is 3.09. The highest BCUT2D eigenvalue weighted by molar-refractivity contribution is 5.92. The van der Waals surface area contributed by atoms with Crippen molar-refractivity contribution in [3.8, 4) is 5.75 Å². The van der Waals surface area contributed by atoms with E-state index in [1.807, 2.05) is 24.3 Å². The molecule has 1 aromatic carbocycles. The average Bonchev–Trinajstić information content (AvgIpc) is 2.47. The molecule has 0 aliphatic carbocycles. The van der Waals surface area contributed by atoms with Crippen LogP contribution in [0.3, 0.4) is 0 Å². The maximum Gasteiger partial charge on any atom is 0.238 e. The van der Waals surface area contributed by atoms with Gasteiger partial charge in [0.2, 0.25) is 5.91 Å². The van der Waals surface area contributed by atoms with Crippen LogP contribution in [0.5, 0.6) is 5.75 Å². The minimum absolute atomic E-state index is 0.0456. The van der Waals surface area contributed by atoms with E-state index in [1.165, 1.54) is 0 Å². The van der Waals surface area contributed by atoms with Crippen LogP contribution in [-0.4, -0.2) is 38.8 Å². The third kappa shape index (κ3) is 4.54. The second-order valence-corrected chi connectivity index (χ2v) is 4.57. The molecular formula is C14H20N2O3. The molecule has 19 heavy (non-hydrogen) atoms. The summed E-state index contributed by atoms with van der Waals surface area (Å²) in [6.45, 7) is 1.83. The van der Waals surface area contributed by atoms with Gasteiger partial charge in [0.05, 0.1) is 20.3 Å². The van der Waals surface area contributed by atoms with Gasteiger partial charge in [-0.2, -0.15) is 0 Å². The fourth-order valence-electron chi connectivity index (χ4n) is 2.02. The van der Waals surface area contributed by atoms with Crippen LogP contribution in [0.15, 0.2) is 24.3 Å². The van der Waals surface area contributed by atoms with Crippen molar-refractivity contribution in [2.24, 2.45) is 0 Å². The Hall–Kier alpha value is -1.59. The number of nitrogens with one attached hydrogen (secondary N) is 2. The molecule has 5 heteroatoms. The molecule has 5 nitrogen and oxygen atoms in total. The van der Waals surface area contributed by atoms with Crippen LogP contribution in [0.4, 0.5) is 5.69 Å². The topological polar surface area (TPSA) is 59.6 Å². The fourth-order valence-corrected chi connectivity index (χ4v) is 2.02. The Morgan fingerprint density at radius 2 is 2.21 bits per heavy atom. The van der Waals surface area contributed by atoms with Crippen molar-refractivity contribution in [1.82, 2.24) is 5.32 Å². The minimum Gasteiger partial charge on any atom is -0.497 e. The Balaban J connectivity index is 1.73. The maximum atomic E-state index is 11.8. The van der Waals surface area contributed by atoms with Crippen LogP contribution in [0.25, 0.3) is 0 Å². The van der Waals surface area contributed by atoms with E-state index in [4.69, 9.17) is 9.47 Å². The van der Waals surface area contributed by atoms with Crippen molar-refractivity contribution in [3.05, 3.63) is 24.3 Å². The molecule has 0 aromatic heterocycles. The van der Waals surface area contributed by atoms with E-state index in [-0.39, 0.29) is 11.9 Å². The first-order chi connectivity index (χ1) is 9.28. The SMILES string of the molecule is COc1ccc(NC(=O)CNC2CCCOC2)cc1. The first-order valence-corrected chi connectivity index (χ1v) is 6.53. The Bertz CT molecular complexity index is 400. The summed E-state index contributed by atoms with van der Waals surface area (Å²) < 4.78 is 10.4. The van der Waals surface area contributed by atoms with E-state index in [2.05, 4.69) is 10.6 Å². The molecule has 1 saturated heterocycles. The van der Waals surface area contributed by atoms with Gasteiger partial charge in [0.1, 0.15) is 5.75 Å². The maximum absolute atomic E-state index is 11.8. The molecule has 0 spiro atoms. The van der Waals surface area contributed by atoms with Crippen LogP contribution in [0.2, 0.25) is 0 Å². The molecule has 2 N–H and O–H groups in total. The van der Waals surface area contributed by atoms with Crippen molar-refractivity contribution in [2.75, 3.05) is 32.2 Å². The number of hydrogen-bond acceptors (Lipinski definition) is 4. The van der Waals surface area contributed by atoms with Gasteiger partial charge in [-0.1, -0.05) is 0 Å². The zero-order valence-electron chi connectivity index (χ0n) is 11.1. The summed E-state index contributed by atoms with van der Waals surface area (Å²) in [4.78, 5) is 11.8. The van der Waals surface area contributed by atoms with Crippen molar-refractivity contribution >= 4 is 11.6 Å². The second kappa shape index (κ2) is 7.11. The van der Waals surface area contributed by atoms with Gasteiger partial charge in [-0.15, -0.1) is 0 Å². The summed E-state index contributed by atoms with van der Waals surface area (Å²) in [6, 6.07) is 7.56. The van der Waals surface area contributed by atoms with E-state index >= 15 is 0 Å². The normalized spacial score (nSPS) is 18.9. The van der Waals surface area contributed by atoms with E-state index in [0.717, 1.165) is 30.9 Å². The molecule has 1 aromatic rings. The number of amides is 1. The quantitative estimate of drug-likeness (QED) is 0.844. The summed E-state index contributed by atoms with van der Waals surface area (Å²) in [5.41, 5.74) is 0.771. The van der Waals surface area contributed by atoms with Crippen LogP contribution < -0.4 is 15.4 Å². The average molecular weight is 264 g/mol. The molecule has 1 heterocycles. The van der Waals surface area contributed by atoms with Crippen molar-refractivity contribution in [1.29, 1.82) is 0 Å². The number of carbonyl (C=O) groups is 1. The summed E-state index contributed by atoms with van der Waals surface area (Å²) in [7, 11) is 1.61. The Labute approximate surface area is 113 Å². The summed E-state index contributed by atoms with van der Waals surface area (Å²) in [5.74, 6) is 0.728. The molecule has 0 saturated carbocycles. The Morgan fingerprint density at radius 1 is 1.42 bits per heavy atom. The van der Waals surface area contributed by atoms with Gasteiger partial charge < -0.3 is 20.1 Å². The monoisotopic (exact) mass is 264 g/mol. The molecule has 2 rings (SSSR count). The summed E-state index contributed by atoms with van der Waals surface area (Å²) in [5, 5.41) is 6.04. The number of anilines is 1. The molecule has 1 fully saturated rings. The molecule has 1 unspecified atom stereocenters. The first-order valence-electron chi connectivity index (χ1n) is 6.53. The predicted molar refractivity (Wildman–Crippen MR) is 73.5 cm³/mol. The van der Waals surface area contributed by atoms with Crippen molar-refractivity contribution in [3.63, 3.8) is 0 Å². The molecule has 0 bridgehead atoms. The van der Waals surface area contributed by atoms with E-state index in [1.54, 1.807) is 7.11 Å². The number of hydrogen-bond donors (Lipinski definition) is 2. The number of methoxy groups -OCH3 is 1. The van der Waals surface area contributed by atoms with Crippen molar-refractivity contribution < 1.29 is 14.3 Å². The van der Waals surface area contributed by atoms with Crippen LogP contribution in [-0.2, 0) is 9.53 Å². The molecule has 0 radical (unpaired) electrons. The lowest BCUT2D eigenvalue weighted by Gasteiger charge is -2.22. The summed E-state index contributed by atoms with van der Waals surface area (Å²) in [6.07, 6.45) is 2.12. The standard InChI is InChI=1S/C14H20N2O3/c1-18-13-6-4-11(5-7-13)16-14(17)9-15-12-3-2-8-19-10-12/h4-7,12,15H,2-3,8-10H2,1H3,(H,16,17). The number of benzene rings is 1. The number of ether oxygens (including phenoxy) is 2. The fraction of sp³-hybridized carbons (Fsp3) is 0.500. The highest BCUT2D eigenvalue weighted by Crippen LogP contribution is 2.14. The van der Waals surface area contributed by atoms with Gasteiger partial charge in [-0.3, -0.25) is 4.79 Å². The minimum atomic E-state index is -0.0456. The second-order valence-electron chi connectivity index (χ2n) is 4.57. The van der Waals surface area contributed by atoms with Crippen LogP contribution in [0, 0.1) is 0 Å². The van der Waals surface area contributed by atoms with Gasteiger partial charge in [-0.05, 0) is 37.1 Å². The highest BCUT2D eigenvalue weighted by atomic mass is 16.5. The molecular weight excluding hydrogens is 244 g/mol. The number of carbonyl (C=O) groups excluding carboxylic acids is 1. The smallest absolute Gasteiger partial charge is 0.238 e. The van der Waals surface area contributed by atoms with E-state index < -0.39 is 0 Å².